The van der Waals surface area contributed by atoms with E-state index in [1.165, 1.54) is 19.2 Å². The summed E-state index contributed by atoms with van der Waals surface area (Å²) in [7, 11) is 1.44. The van der Waals surface area contributed by atoms with E-state index >= 15 is 0 Å². The minimum atomic E-state index is -0.371. The smallest absolute Gasteiger partial charge is 0.261 e. The number of nitrogens with two attached hydrogens (primary N) is 1. The first-order chi connectivity index (χ1) is 10.5. The Morgan fingerprint density at radius 1 is 1.22 bits per heavy atom. The summed E-state index contributed by atoms with van der Waals surface area (Å²) in [6.07, 6.45) is 3.86. The maximum atomic E-state index is 12.5. The highest BCUT2D eigenvalue weighted by Crippen LogP contribution is 2.29. The molecule has 124 valence electrons. The summed E-state index contributed by atoms with van der Waals surface area (Å²) in [5.41, 5.74) is 6.50. The number of nitrogens with one attached hydrogen (secondary N) is 1. The number of rotatable bonds is 3. The Labute approximate surface area is 140 Å². The summed E-state index contributed by atoms with van der Waals surface area (Å²) in [6.45, 7) is 0.407. The van der Waals surface area contributed by atoms with Gasteiger partial charge in [-0.05, 0) is 31.0 Å². The summed E-state index contributed by atoms with van der Waals surface area (Å²) in [5.74, 6) is -0.949. The van der Waals surface area contributed by atoms with Crippen molar-refractivity contribution in [3.63, 3.8) is 0 Å². The highest BCUT2D eigenvalue weighted by molar-refractivity contribution is 6.21. The van der Waals surface area contributed by atoms with E-state index in [2.05, 4.69) is 5.32 Å². The Balaban J connectivity index is 0.00000192. The fraction of sp³-hybridized carbons (Fsp3) is 0.438. The zero-order valence-corrected chi connectivity index (χ0v) is 13.7. The number of carbonyl (C=O) groups excluding carboxylic acids is 3. The number of hydrogen-bond donors (Lipinski definition) is 2. The van der Waals surface area contributed by atoms with Gasteiger partial charge in [-0.15, -0.1) is 12.4 Å². The Hall–Kier alpha value is -1.92. The molecule has 1 aromatic carbocycles. The SMILES string of the molecule is CN1C(=O)c2ccc(C(=O)NC3(CN)CCCC3)cc2C1=O.Cl. The molecule has 3 rings (SSSR count). The molecule has 1 aliphatic heterocycles. The van der Waals surface area contributed by atoms with Crippen LogP contribution in [0.25, 0.3) is 0 Å². The first-order valence-corrected chi connectivity index (χ1v) is 7.46. The van der Waals surface area contributed by atoms with E-state index in [9.17, 15) is 14.4 Å². The monoisotopic (exact) mass is 337 g/mol. The van der Waals surface area contributed by atoms with Crippen molar-refractivity contribution >= 4 is 30.1 Å². The number of imide groups is 1. The van der Waals surface area contributed by atoms with Gasteiger partial charge in [-0.3, -0.25) is 19.3 Å². The predicted octanol–water partition coefficient (Wildman–Crippen LogP) is 1.34. The van der Waals surface area contributed by atoms with Crippen LogP contribution in [0, 0.1) is 0 Å². The Kier molecular flexibility index (Phi) is 4.77. The number of nitrogens with zero attached hydrogens (tertiary/aromatic N) is 1. The zero-order valence-electron chi connectivity index (χ0n) is 12.9. The van der Waals surface area contributed by atoms with Gasteiger partial charge in [0.2, 0.25) is 0 Å². The van der Waals surface area contributed by atoms with E-state index in [4.69, 9.17) is 5.73 Å². The molecule has 0 bridgehead atoms. The third-order valence-corrected chi connectivity index (χ3v) is 4.68. The quantitative estimate of drug-likeness (QED) is 0.814. The minimum absolute atomic E-state index is 0. The summed E-state index contributed by atoms with van der Waals surface area (Å²) in [4.78, 5) is 37.4. The highest BCUT2D eigenvalue weighted by atomic mass is 35.5. The zero-order chi connectivity index (χ0) is 15.9. The normalized spacial score (nSPS) is 18.6. The maximum absolute atomic E-state index is 12.5. The van der Waals surface area contributed by atoms with Crippen LogP contribution in [0.2, 0.25) is 0 Å². The molecule has 1 fully saturated rings. The van der Waals surface area contributed by atoms with E-state index < -0.39 is 0 Å². The van der Waals surface area contributed by atoms with Gasteiger partial charge in [0.15, 0.2) is 0 Å². The number of amides is 3. The van der Waals surface area contributed by atoms with Crippen LogP contribution in [0.15, 0.2) is 18.2 Å². The molecule has 0 unspecified atom stereocenters. The molecule has 2 aliphatic rings. The highest BCUT2D eigenvalue weighted by Gasteiger charge is 2.36. The lowest BCUT2D eigenvalue weighted by molar-refractivity contribution is 0.0693. The molecular weight excluding hydrogens is 318 g/mol. The van der Waals surface area contributed by atoms with Crippen molar-refractivity contribution in [2.45, 2.75) is 31.2 Å². The van der Waals surface area contributed by atoms with Gasteiger partial charge >= 0.3 is 0 Å². The van der Waals surface area contributed by atoms with Crippen molar-refractivity contribution in [2.24, 2.45) is 5.73 Å². The predicted molar refractivity (Wildman–Crippen MR) is 87.8 cm³/mol. The number of fused-ring (bicyclic) bond motifs is 1. The standard InChI is InChI=1S/C16H19N3O3.ClH/c1-19-14(21)11-5-4-10(8-12(11)15(19)22)13(20)18-16(9-17)6-2-3-7-16;/h4-5,8H,2-3,6-7,9,17H2,1H3,(H,18,20);1H. The Morgan fingerprint density at radius 2 is 1.83 bits per heavy atom. The molecule has 1 saturated carbocycles. The molecule has 3 amide bonds. The Bertz CT molecular complexity index is 669. The van der Waals surface area contributed by atoms with Crippen LogP contribution >= 0.6 is 12.4 Å². The van der Waals surface area contributed by atoms with Gasteiger partial charge in [0.1, 0.15) is 0 Å². The number of carbonyl (C=O) groups is 3. The van der Waals surface area contributed by atoms with Gasteiger partial charge in [-0.1, -0.05) is 12.8 Å². The van der Waals surface area contributed by atoms with Crippen molar-refractivity contribution in [3.8, 4) is 0 Å². The lowest BCUT2D eigenvalue weighted by Gasteiger charge is -2.28. The fourth-order valence-electron chi connectivity index (χ4n) is 3.25. The van der Waals surface area contributed by atoms with Crippen molar-refractivity contribution in [1.82, 2.24) is 10.2 Å². The summed E-state index contributed by atoms with van der Waals surface area (Å²) in [5, 5.41) is 3.01. The van der Waals surface area contributed by atoms with Crippen LogP contribution < -0.4 is 11.1 Å². The van der Waals surface area contributed by atoms with Crippen LogP contribution in [-0.2, 0) is 0 Å². The minimum Gasteiger partial charge on any atom is -0.345 e. The average Bonchev–Trinajstić information content (AvgIpc) is 3.08. The fourth-order valence-corrected chi connectivity index (χ4v) is 3.25. The number of hydrogen-bond acceptors (Lipinski definition) is 4. The summed E-state index contributed by atoms with van der Waals surface area (Å²) < 4.78 is 0. The van der Waals surface area contributed by atoms with E-state index in [0.717, 1.165) is 30.6 Å². The molecule has 0 saturated heterocycles. The topological polar surface area (TPSA) is 92.5 Å². The van der Waals surface area contributed by atoms with Crippen molar-refractivity contribution in [3.05, 3.63) is 34.9 Å². The van der Waals surface area contributed by atoms with Crippen molar-refractivity contribution in [1.29, 1.82) is 0 Å². The van der Waals surface area contributed by atoms with Crippen LogP contribution in [-0.4, -0.2) is 41.8 Å². The summed E-state index contributed by atoms with van der Waals surface area (Å²) in [6, 6.07) is 4.61. The maximum Gasteiger partial charge on any atom is 0.261 e. The van der Waals surface area contributed by atoms with E-state index in [-0.39, 0.29) is 41.2 Å². The van der Waals surface area contributed by atoms with Gasteiger partial charge in [0, 0.05) is 19.2 Å². The first-order valence-electron chi connectivity index (χ1n) is 7.46. The summed E-state index contributed by atoms with van der Waals surface area (Å²) >= 11 is 0. The largest absolute Gasteiger partial charge is 0.345 e. The molecule has 1 heterocycles. The van der Waals surface area contributed by atoms with Crippen molar-refractivity contribution in [2.75, 3.05) is 13.6 Å². The van der Waals surface area contributed by atoms with Gasteiger partial charge in [-0.25, -0.2) is 0 Å². The Morgan fingerprint density at radius 3 is 2.43 bits per heavy atom. The molecule has 23 heavy (non-hydrogen) atoms. The van der Waals surface area contributed by atoms with Gasteiger partial charge in [-0.2, -0.15) is 0 Å². The van der Waals surface area contributed by atoms with E-state index in [0.29, 0.717) is 17.7 Å². The molecule has 1 aliphatic carbocycles. The molecule has 0 spiro atoms. The number of benzene rings is 1. The molecule has 1 aromatic rings. The second-order valence-electron chi connectivity index (χ2n) is 6.08. The molecule has 6 nitrogen and oxygen atoms in total. The van der Waals surface area contributed by atoms with E-state index in [1.807, 2.05) is 0 Å². The molecular formula is C16H20ClN3O3. The van der Waals surface area contributed by atoms with E-state index in [1.54, 1.807) is 6.07 Å². The van der Waals surface area contributed by atoms with Crippen LogP contribution in [0.3, 0.4) is 0 Å². The van der Waals surface area contributed by atoms with Crippen LogP contribution in [0.5, 0.6) is 0 Å². The van der Waals surface area contributed by atoms with Crippen molar-refractivity contribution < 1.29 is 14.4 Å². The molecule has 0 radical (unpaired) electrons. The molecule has 0 aromatic heterocycles. The molecule has 3 N–H and O–H groups in total. The first kappa shape index (κ1) is 17.4. The van der Waals surface area contributed by atoms with Gasteiger partial charge < -0.3 is 11.1 Å². The lowest BCUT2D eigenvalue weighted by atomic mass is 9.96. The second-order valence-corrected chi connectivity index (χ2v) is 6.08. The average molecular weight is 338 g/mol. The molecule has 0 atom stereocenters. The molecule has 7 heteroatoms. The van der Waals surface area contributed by atoms with Crippen LogP contribution in [0.1, 0.15) is 56.8 Å². The van der Waals surface area contributed by atoms with Gasteiger partial charge in [0.25, 0.3) is 17.7 Å². The van der Waals surface area contributed by atoms with Crippen LogP contribution in [0.4, 0.5) is 0 Å². The van der Waals surface area contributed by atoms with Gasteiger partial charge in [0.05, 0.1) is 16.7 Å². The lowest BCUT2D eigenvalue weighted by Crippen LogP contribution is -2.51. The second kappa shape index (κ2) is 6.29. The third kappa shape index (κ3) is 2.84. The number of halogens is 1. The third-order valence-electron chi connectivity index (χ3n) is 4.68.